The summed E-state index contributed by atoms with van der Waals surface area (Å²) in [5, 5.41) is 2.57. The molecule has 1 amide bonds. The highest BCUT2D eigenvalue weighted by Crippen LogP contribution is 2.09. The van der Waals surface area contributed by atoms with Crippen LogP contribution in [0.25, 0.3) is 6.08 Å². The summed E-state index contributed by atoms with van der Waals surface area (Å²) in [6.07, 6.45) is 4.85. The standard InChI is InChI=1S/C18H26N2O5S/c1-14(18(22)25-4)19-17(21)16-11-8-10-15(13-16)9-6-5-7-12-26(23,24)20(2)3/h6,8-11,13-14H,5,7,12H2,1-4H3,(H,19,21)/t14-/m1/s1. The number of unbranched alkanes of at least 4 members (excludes halogenated alkanes) is 1. The molecule has 0 aromatic heterocycles. The minimum Gasteiger partial charge on any atom is -0.467 e. The lowest BCUT2D eigenvalue weighted by atomic mass is 10.1. The van der Waals surface area contributed by atoms with Crippen LogP contribution in [0.2, 0.25) is 0 Å². The van der Waals surface area contributed by atoms with Crippen molar-refractivity contribution in [3.05, 3.63) is 41.5 Å². The summed E-state index contributed by atoms with van der Waals surface area (Å²) in [5.74, 6) is -0.782. The number of methoxy groups -OCH3 is 1. The minimum absolute atomic E-state index is 0.0954. The van der Waals surface area contributed by atoms with Gasteiger partial charge in [0.2, 0.25) is 10.0 Å². The van der Waals surface area contributed by atoms with Crippen molar-refractivity contribution in [2.45, 2.75) is 25.8 Å². The van der Waals surface area contributed by atoms with Gasteiger partial charge in [0.15, 0.2) is 0 Å². The van der Waals surface area contributed by atoms with E-state index >= 15 is 0 Å². The second-order valence-electron chi connectivity index (χ2n) is 5.99. The Labute approximate surface area is 155 Å². The summed E-state index contributed by atoms with van der Waals surface area (Å²) < 4.78 is 29.1. The van der Waals surface area contributed by atoms with Crippen LogP contribution in [-0.2, 0) is 19.6 Å². The Bertz CT molecular complexity index is 757. The average molecular weight is 382 g/mol. The third-order valence-electron chi connectivity index (χ3n) is 3.69. The van der Waals surface area contributed by atoms with Crippen molar-refractivity contribution in [2.75, 3.05) is 27.0 Å². The topological polar surface area (TPSA) is 92.8 Å². The van der Waals surface area contributed by atoms with Crippen molar-refractivity contribution in [3.63, 3.8) is 0 Å². The van der Waals surface area contributed by atoms with Crippen LogP contribution in [-0.4, -0.2) is 57.6 Å². The summed E-state index contributed by atoms with van der Waals surface area (Å²) in [5.41, 5.74) is 1.25. The highest BCUT2D eigenvalue weighted by atomic mass is 32.2. The van der Waals surface area contributed by atoms with E-state index in [0.29, 0.717) is 18.4 Å². The molecule has 0 spiro atoms. The first kappa shape index (κ1) is 21.9. The monoisotopic (exact) mass is 382 g/mol. The van der Waals surface area contributed by atoms with Gasteiger partial charge in [-0.25, -0.2) is 17.5 Å². The Kier molecular flexibility index (Phi) is 8.47. The Hall–Kier alpha value is -2.19. The molecule has 0 heterocycles. The first-order valence-corrected chi connectivity index (χ1v) is 9.84. The van der Waals surface area contributed by atoms with E-state index in [-0.39, 0.29) is 11.7 Å². The number of amides is 1. The van der Waals surface area contributed by atoms with Gasteiger partial charge in [-0.2, -0.15) is 0 Å². The number of esters is 1. The number of ether oxygens (including phenoxy) is 1. The molecule has 1 aromatic carbocycles. The van der Waals surface area contributed by atoms with E-state index in [1.807, 2.05) is 18.2 Å². The fourth-order valence-corrected chi connectivity index (χ4v) is 2.98. The average Bonchev–Trinajstić information content (AvgIpc) is 2.60. The summed E-state index contributed by atoms with van der Waals surface area (Å²) in [4.78, 5) is 23.5. The predicted molar refractivity (Wildman–Crippen MR) is 101 cm³/mol. The van der Waals surface area contributed by atoms with Gasteiger partial charge in [0.05, 0.1) is 12.9 Å². The van der Waals surface area contributed by atoms with Crippen LogP contribution in [0.3, 0.4) is 0 Å². The number of allylic oxidation sites excluding steroid dienone is 1. The first-order chi connectivity index (χ1) is 12.2. The molecule has 8 heteroatoms. The zero-order valence-electron chi connectivity index (χ0n) is 15.6. The molecule has 1 rings (SSSR count). The van der Waals surface area contributed by atoms with E-state index in [4.69, 9.17) is 0 Å². The predicted octanol–water partition coefficient (Wildman–Crippen LogP) is 1.66. The van der Waals surface area contributed by atoms with E-state index < -0.39 is 22.0 Å². The van der Waals surface area contributed by atoms with Gasteiger partial charge in [0.1, 0.15) is 6.04 Å². The van der Waals surface area contributed by atoms with Gasteiger partial charge in [-0.1, -0.05) is 24.3 Å². The summed E-state index contributed by atoms with van der Waals surface area (Å²) in [6, 6.07) is 6.21. The lowest BCUT2D eigenvalue weighted by Crippen LogP contribution is -2.39. The molecule has 0 aliphatic carbocycles. The van der Waals surface area contributed by atoms with E-state index in [9.17, 15) is 18.0 Å². The Balaban J connectivity index is 2.61. The maximum atomic E-state index is 12.2. The Morgan fingerprint density at radius 1 is 1.31 bits per heavy atom. The fraction of sp³-hybridized carbons (Fsp3) is 0.444. The minimum atomic E-state index is -3.17. The van der Waals surface area contributed by atoms with Gasteiger partial charge in [-0.3, -0.25) is 4.79 Å². The van der Waals surface area contributed by atoms with Crippen molar-refractivity contribution < 1.29 is 22.7 Å². The third kappa shape index (κ3) is 6.97. The molecule has 26 heavy (non-hydrogen) atoms. The van der Waals surface area contributed by atoms with Crippen molar-refractivity contribution in [2.24, 2.45) is 0 Å². The SMILES string of the molecule is COC(=O)[C@@H](C)NC(=O)c1cccc(C=CCCCS(=O)(=O)N(C)C)c1. The maximum absolute atomic E-state index is 12.2. The van der Waals surface area contributed by atoms with Crippen LogP contribution in [0.15, 0.2) is 30.3 Å². The van der Waals surface area contributed by atoms with Gasteiger partial charge in [-0.05, 0) is 37.5 Å². The highest BCUT2D eigenvalue weighted by molar-refractivity contribution is 7.89. The molecule has 1 N–H and O–H groups in total. The van der Waals surface area contributed by atoms with Crippen LogP contribution < -0.4 is 5.32 Å². The molecule has 144 valence electrons. The Morgan fingerprint density at radius 2 is 2.00 bits per heavy atom. The maximum Gasteiger partial charge on any atom is 0.328 e. The van der Waals surface area contributed by atoms with Gasteiger partial charge < -0.3 is 10.1 Å². The first-order valence-electron chi connectivity index (χ1n) is 8.23. The van der Waals surface area contributed by atoms with E-state index in [1.54, 1.807) is 25.1 Å². The molecular weight excluding hydrogens is 356 g/mol. The number of sulfonamides is 1. The van der Waals surface area contributed by atoms with E-state index in [2.05, 4.69) is 10.1 Å². The molecule has 0 aliphatic heterocycles. The molecule has 0 unspecified atom stereocenters. The van der Waals surface area contributed by atoms with Crippen LogP contribution in [0.5, 0.6) is 0 Å². The number of hydrogen-bond donors (Lipinski definition) is 1. The van der Waals surface area contributed by atoms with E-state index in [1.165, 1.54) is 25.5 Å². The molecule has 0 radical (unpaired) electrons. The normalized spacial score (nSPS) is 13.0. The number of carbonyl (C=O) groups is 2. The second-order valence-corrected chi connectivity index (χ2v) is 8.29. The van der Waals surface area contributed by atoms with Crippen LogP contribution in [0, 0.1) is 0 Å². The van der Waals surface area contributed by atoms with E-state index in [0.717, 1.165) is 5.56 Å². The van der Waals surface area contributed by atoms with Gasteiger partial charge in [0.25, 0.3) is 5.91 Å². The van der Waals surface area contributed by atoms with Crippen LogP contribution in [0.4, 0.5) is 0 Å². The quantitative estimate of drug-likeness (QED) is 0.518. The highest BCUT2D eigenvalue weighted by Gasteiger charge is 2.16. The van der Waals surface area contributed by atoms with Gasteiger partial charge >= 0.3 is 5.97 Å². The summed E-state index contributed by atoms with van der Waals surface area (Å²) >= 11 is 0. The molecular formula is C18H26N2O5S. The molecule has 0 bridgehead atoms. The molecule has 0 saturated heterocycles. The number of carbonyl (C=O) groups excluding carboxylic acids is 2. The number of rotatable bonds is 9. The largest absolute Gasteiger partial charge is 0.467 e. The van der Waals surface area contributed by atoms with Crippen molar-refractivity contribution in [1.29, 1.82) is 0 Å². The number of nitrogens with one attached hydrogen (secondary N) is 1. The van der Waals surface area contributed by atoms with Crippen molar-refractivity contribution >= 4 is 28.0 Å². The van der Waals surface area contributed by atoms with Crippen molar-refractivity contribution in [3.8, 4) is 0 Å². The molecule has 0 aliphatic rings. The lowest BCUT2D eigenvalue weighted by molar-refractivity contribution is -0.142. The lowest BCUT2D eigenvalue weighted by Gasteiger charge is -2.11. The fourth-order valence-electron chi connectivity index (χ4n) is 2.08. The number of nitrogens with zero attached hydrogens (tertiary/aromatic N) is 1. The Morgan fingerprint density at radius 3 is 2.62 bits per heavy atom. The second kappa shape index (κ2) is 10.1. The molecule has 0 saturated carbocycles. The summed E-state index contributed by atoms with van der Waals surface area (Å²) in [7, 11) is 1.12. The smallest absolute Gasteiger partial charge is 0.328 e. The molecule has 1 atom stereocenters. The zero-order chi connectivity index (χ0) is 19.7. The van der Waals surface area contributed by atoms with Gasteiger partial charge in [-0.15, -0.1) is 0 Å². The molecule has 1 aromatic rings. The van der Waals surface area contributed by atoms with Crippen molar-refractivity contribution in [1.82, 2.24) is 9.62 Å². The zero-order valence-corrected chi connectivity index (χ0v) is 16.4. The summed E-state index contributed by atoms with van der Waals surface area (Å²) in [6.45, 7) is 1.55. The van der Waals surface area contributed by atoms with Gasteiger partial charge in [0, 0.05) is 19.7 Å². The third-order valence-corrected chi connectivity index (χ3v) is 5.61. The molecule has 7 nitrogen and oxygen atoms in total. The number of benzene rings is 1. The van der Waals surface area contributed by atoms with Crippen LogP contribution in [0.1, 0.15) is 35.7 Å². The van der Waals surface area contributed by atoms with Crippen LogP contribution >= 0.6 is 0 Å². The molecule has 0 fully saturated rings. The number of hydrogen-bond acceptors (Lipinski definition) is 5.